The summed E-state index contributed by atoms with van der Waals surface area (Å²) in [6.07, 6.45) is 0.806. The van der Waals surface area contributed by atoms with Gasteiger partial charge in [-0.3, -0.25) is 0 Å². The van der Waals surface area contributed by atoms with Gasteiger partial charge in [0.15, 0.2) is 0 Å². The molecule has 0 saturated carbocycles. The second-order valence-electron chi connectivity index (χ2n) is 5.30. The number of aryl methyl sites for hydroxylation is 1. The molecule has 1 N–H and O–H groups in total. The third-order valence-electron chi connectivity index (χ3n) is 3.93. The Hall–Kier alpha value is -2.46. The van der Waals surface area contributed by atoms with Crippen LogP contribution in [0.3, 0.4) is 0 Å². The Balaban J connectivity index is 2.04. The number of aliphatic hydroxyl groups excluding tert-OH is 1. The average molecular weight is 296 g/mol. The summed E-state index contributed by atoms with van der Waals surface area (Å²) in [7, 11) is 1.85. The monoisotopic (exact) mass is 296 g/mol. The Kier molecular flexibility index (Phi) is 3.77. The Bertz CT molecular complexity index is 796. The molecule has 3 aromatic rings. The third kappa shape index (κ3) is 2.53. The summed E-state index contributed by atoms with van der Waals surface area (Å²) in [6, 6.07) is 14.0. The molecule has 3 nitrogen and oxygen atoms in total. The quantitative estimate of drug-likeness (QED) is 0.801. The van der Waals surface area contributed by atoms with Crippen molar-refractivity contribution in [2.75, 3.05) is 0 Å². The van der Waals surface area contributed by atoms with E-state index in [1.807, 2.05) is 48.9 Å². The minimum absolute atomic E-state index is 0.302. The molecule has 22 heavy (non-hydrogen) atoms. The van der Waals surface area contributed by atoms with Crippen LogP contribution in [-0.4, -0.2) is 14.7 Å². The van der Waals surface area contributed by atoms with Gasteiger partial charge in [-0.1, -0.05) is 36.4 Å². The van der Waals surface area contributed by atoms with Crippen molar-refractivity contribution in [3.8, 4) is 11.1 Å². The van der Waals surface area contributed by atoms with Crippen molar-refractivity contribution < 1.29 is 9.50 Å². The van der Waals surface area contributed by atoms with Gasteiger partial charge < -0.3 is 9.67 Å². The van der Waals surface area contributed by atoms with Crippen LogP contribution in [0.1, 0.15) is 23.2 Å². The molecule has 0 radical (unpaired) electrons. The fraction of sp³-hybridized carbons (Fsp3) is 0.167. The van der Waals surface area contributed by atoms with Crippen LogP contribution >= 0.6 is 0 Å². The molecule has 0 aliphatic carbocycles. The molecule has 0 aliphatic rings. The SMILES string of the molecule is Cc1ncc(C(O)c2ccc(F)c(-c3ccccc3)c2)n1C. The van der Waals surface area contributed by atoms with Gasteiger partial charge in [0.05, 0.1) is 11.9 Å². The lowest BCUT2D eigenvalue weighted by molar-refractivity contribution is 0.211. The minimum Gasteiger partial charge on any atom is -0.382 e. The topological polar surface area (TPSA) is 38.1 Å². The summed E-state index contributed by atoms with van der Waals surface area (Å²) in [4.78, 5) is 4.19. The van der Waals surface area contributed by atoms with Crippen molar-refractivity contribution in [2.45, 2.75) is 13.0 Å². The first kappa shape index (κ1) is 14.5. The van der Waals surface area contributed by atoms with Gasteiger partial charge in [0.1, 0.15) is 17.7 Å². The molecule has 1 unspecified atom stereocenters. The van der Waals surface area contributed by atoms with Gasteiger partial charge in [0.2, 0.25) is 0 Å². The van der Waals surface area contributed by atoms with Crippen molar-refractivity contribution >= 4 is 0 Å². The molecule has 3 rings (SSSR count). The summed E-state index contributed by atoms with van der Waals surface area (Å²) in [5.74, 6) is 0.516. The Morgan fingerprint density at radius 2 is 1.86 bits per heavy atom. The molecule has 1 aromatic heterocycles. The molecule has 2 aromatic carbocycles. The zero-order chi connectivity index (χ0) is 15.7. The Labute approximate surface area is 128 Å². The zero-order valence-electron chi connectivity index (χ0n) is 12.5. The van der Waals surface area contributed by atoms with E-state index >= 15 is 0 Å². The number of halogens is 1. The van der Waals surface area contributed by atoms with Crippen LogP contribution in [0, 0.1) is 12.7 Å². The van der Waals surface area contributed by atoms with Gasteiger partial charge in [-0.05, 0) is 30.2 Å². The van der Waals surface area contributed by atoms with Gasteiger partial charge >= 0.3 is 0 Å². The largest absolute Gasteiger partial charge is 0.382 e. The second kappa shape index (κ2) is 5.73. The molecular formula is C18H17FN2O. The van der Waals surface area contributed by atoms with Crippen LogP contribution in [-0.2, 0) is 7.05 Å². The lowest BCUT2D eigenvalue weighted by Gasteiger charge is -2.14. The molecule has 0 saturated heterocycles. The molecule has 0 aliphatic heterocycles. The van der Waals surface area contributed by atoms with Crippen molar-refractivity contribution in [2.24, 2.45) is 7.05 Å². The number of aromatic nitrogens is 2. The van der Waals surface area contributed by atoms with Crippen LogP contribution in [0.15, 0.2) is 54.7 Å². The molecule has 0 amide bonds. The van der Waals surface area contributed by atoms with E-state index in [0.717, 1.165) is 11.4 Å². The summed E-state index contributed by atoms with van der Waals surface area (Å²) < 4.78 is 15.9. The van der Waals surface area contributed by atoms with Gasteiger partial charge in [0.25, 0.3) is 0 Å². The van der Waals surface area contributed by atoms with E-state index in [9.17, 15) is 9.50 Å². The van der Waals surface area contributed by atoms with Crippen LogP contribution < -0.4 is 0 Å². The molecule has 4 heteroatoms. The number of nitrogens with zero attached hydrogens (tertiary/aromatic N) is 2. The van der Waals surface area contributed by atoms with Gasteiger partial charge in [-0.25, -0.2) is 9.37 Å². The van der Waals surface area contributed by atoms with Crippen molar-refractivity contribution in [3.63, 3.8) is 0 Å². The van der Waals surface area contributed by atoms with Crippen LogP contribution in [0.25, 0.3) is 11.1 Å². The summed E-state index contributed by atoms with van der Waals surface area (Å²) in [5, 5.41) is 10.6. The van der Waals surface area contributed by atoms with Crippen molar-refractivity contribution in [3.05, 3.63) is 77.6 Å². The maximum atomic E-state index is 14.1. The molecule has 1 atom stereocenters. The molecule has 0 spiro atoms. The molecular weight excluding hydrogens is 279 g/mol. The Morgan fingerprint density at radius 3 is 2.50 bits per heavy atom. The highest BCUT2D eigenvalue weighted by Crippen LogP contribution is 2.29. The van der Waals surface area contributed by atoms with Gasteiger partial charge in [-0.2, -0.15) is 0 Å². The summed E-state index contributed by atoms with van der Waals surface area (Å²) in [5.41, 5.74) is 2.60. The first-order chi connectivity index (χ1) is 10.6. The van der Waals surface area contributed by atoms with E-state index in [1.165, 1.54) is 6.07 Å². The lowest BCUT2D eigenvalue weighted by atomic mass is 9.99. The first-order valence-electron chi connectivity index (χ1n) is 7.09. The maximum absolute atomic E-state index is 14.1. The fourth-order valence-corrected chi connectivity index (χ4v) is 2.50. The van der Waals surface area contributed by atoms with E-state index in [-0.39, 0.29) is 5.82 Å². The highest BCUT2D eigenvalue weighted by molar-refractivity contribution is 5.65. The number of imidazole rings is 1. The number of aliphatic hydroxyl groups is 1. The van der Waals surface area contributed by atoms with Crippen molar-refractivity contribution in [1.29, 1.82) is 0 Å². The lowest BCUT2D eigenvalue weighted by Crippen LogP contribution is -2.07. The number of hydrogen-bond donors (Lipinski definition) is 1. The Morgan fingerprint density at radius 1 is 1.14 bits per heavy atom. The summed E-state index contributed by atoms with van der Waals surface area (Å²) in [6.45, 7) is 1.87. The van der Waals surface area contributed by atoms with E-state index in [4.69, 9.17) is 0 Å². The zero-order valence-corrected chi connectivity index (χ0v) is 12.5. The third-order valence-corrected chi connectivity index (χ3v) is 3.93. The van der Waals surface area contributed by atoms with Gasteiger partial charge in [-0.15, -0.1) is 0 Å². The van der Waals surface area contributed by atoms with E-state index in [2.05, 4.69) is 4.98 Å². The molecule has 0 bridgehead atoms. The van der Waals surface area contributed by atoms with E-state index in [1.54, 1.807) is 18.3 Å². The highest BCUT2D eigenvalue weighted by atomic mass is 19.1. The van der Waals surface area contributed by atoms with Crippen LogP contribution in [0.2, 0.25) is 0 Å². The molecule has 112 valence electrons. The normalized spacial score (nSPS) is 12.4. The summed E-state index contributed by atoms with van der Waals surface area (Å²) >= 11 is 0. The first-order valence-corrected chi connectivity index (χ1v) is 7.09. The maximum Gasteiger partial charge on any atom is 0.131 e. The predicted molar refractivity (Wildman–Crippen MR) is 83.8 cm³/mol. The van der Waals surface area contributed by atoms with Gasteiger partial charge in [0, 0.05) is 12.6 Å². The van der Waals surface area contributed by atoms with E-state index in [0.29, 0.717) is 16.8 Å². The van der Waals surface area contributed by atoms with E-state index < -0.39 is 6.10 Å². The van der Waals surface area contributed by atoms with Crippen molar-refractivity contribution in [1.82, 2.24) is 9.55 Å². The predicted octanol–water partition coefficient (Wildman–Crippen LogP) is 3.62. The number of benzene rings is 2. The number of hydrogen-bond acceptors (Lipinski definition) is 2. The fourth-order valence-electron chi connectivity index (χ4n) is 2.50. The highest BCUT2D eigenvalue weighted by Gasteiger charge is 2.17. The minimum atomic E-state index is -0.839. The van der Waals surface area contributed by atoms with Crippen LogP contribution in [0.4, 0.5) is 4.39 Å². The molecule has 0 fully saturated rings. The standard InChI is InChI=1S/C18H17FN2O/c1-12-20-11-17(21(12)2)18(22)14-8-9-16(19)15(10-14)13-6-4-3-5-7-13/h3-11,18,22H,1-2H3. The van der Waals surface area contributed by atoms with Crippen LogP contribution in [0.5, 0.6) is 0 Å². The molecule has 1 heterocycles. The second-order valence-corrected chi connectivity index (χ2v) is 5.30. The average Bonchev–Trinajstić information content (AvgIpc) is 2.87. The number of rotatable bonds is 3. The smallest absolute Gasteiger partial charge is 0.131 e.